The van der Waals surface area contributed by atoms with Gasteiger partial charge in [-0.05, 0) is 18.2 Å². The third-order valence-electron chi connectivity index (χ3n) is 3.07. The zero-order chi connectivity index (χ0) is 11.5. The van der Waals surface area contributed by atoms with Gasteiger partial charge in [-0.3, -0.25) is 0 Å². The number of fused-ring (bicyclic) bond motifs is 1. The molecule has 3 rings (SSSR count). The second kappa shape index (κ2) is 4.50. The lowest BCUT2D eigenvalue weighted by atomic mass is 10.0. The van der Waals surface area contributed by atoms with E-state index in [-0.39, 0.29) is 0 Å². The Morgan fingerprint density at radius 1 is 0.941 bits per heavy atom. The van der Waals surface area contributed by atoms with Gasteiger partial charge < -0.3 is 10.1 Å². The van der Waals surface area contributed by atoms with Crippen molar-refractivity contribution in [2.45, 2.75) is 12.5 Å². The molecule has 2 heteroatoms. The summed E-state index contributed by atoms with van der Waals surface area (Å²) in [7, 11) is 0. The first-order valence-electron chi connectivity index (χ1n) is 5.97. The second-order valence-corrected chi connectivity index (χ2v) is 4.24. The predicted molar refractivity (Wildman–Crippen MR) is 69.4 cm³/mol. The Morgan fingerprint density at radius 3 is 2.59 bits per heavy atom. The summed E-state index contributed by atoms with van der Waals surface area (Å²) in [6.07, 6.45) is 1.01. The molecule has 1 unspecified atom stereocenters. The van der Waals surface area contributed by atoms with Crippen molar-refractivity contribution in [2.24, 2.45) is 0 Å². The largest absolute Gasteiger partial charge is 0.493 e. The minimum atomic E-state index is 0.349. The van der Waals surface area contributed by atoms with Gasteiger partial charge in [0.15, 0.2) is 0 Å². The fourth-order valence-electron chi connectivity index (χ4n) is 2.23. The van der Waals surface area contributed by atoms with E-state index in [1.807, 2.05) is 30.3 Å². The van der Waals surface area contributed by atoms with Crippen molar-refractivity contribution < 1.29 is 4.74 Å². The molecule has 2 aromatic carbocycles. The first-order chi connectivity index (χ1) is 8.43. The Hall–Kier alpha value is -1.96. The van der Waals surface area contributed by atoms with Crippen LogP contribution >= 0.6 is 0 Å². The number of anilines is 1. The van der Waals surface area contributed by atoms with Gasteiger partial charge in [-0.25, -0.2) is 0 Å². The zero-order valence-electron chi connectivity index (χ0n) is 9.60. The summed E-state index contributed by atoms with van der Waals surface area (Å²) < 4.78 is 5.65. The summed E-state index contributed by atoms with van der Waals surface area (Å²) in [5.41, 5.74) is 2.41. The molecule has 0 saturated carbocycles. The van der Waals surface area contributed by atoms with E-state index in [2.05, 4.69) is 29.6 Å². The van der Waals surface area contributed by atoms with Gasteiger partial charge in [-0.1, -0.05) is 36.4 Å². The van der Waals surface area contributed by atoms with Crippen LogP contribution in [0.5, 0.6) is 5.75 Å². The van der Waals surface area contributed by atoms with Gasteiger partial charge in [0.05, 0.1) is 12.6 Å². The van der Waals surface area contributed by atoms with E-state index >= 15 is 0 Å². The van der Waals surface area contributed by atoms with Gasteiger partial charge in [0.1, 0.15) is 5.75 Å². The standard InChI is InChI=1S/C15H15NO/c1-2-6-12(7-3-1)16-14-10-11-17-15-9-5-4-8-13(14)15/h1-9,14,16H,10-11H2. The second-order valence-electron chi connectivity index (χ2n) is 4.24. The van der Waals surface area contributed by atoms with Gasteiger partial charge in [0, 0.05) is 17.7 Å². The van der Waals surface area contributed by atoms with E-state index in [9.17, 15) is 0 Å². The molecule has 0 spiro atoms. The molecule has 0 saturated heterocycles. The third kappa shape index (κ3) is 2.11. The number of benzene rings is 2. The molecular weight excluding hydrogens is 210 g/mol. The summed E-state index contributed by atoms with van der Waals surface area (Å²) in [5, 5.41) is 3.56. The highest BCUT2D eigenvalue weighted by Gasteiger charge is 2.20. The monoisotopic (exact) mass is 225 g/mol. The molecule has 1 N–H and O–H groups in total. The number of hydrogen-bond acceptors (Lipinski definition) is 2. The van der Waals surface area contributed by atoms with Crippen molar-refractivity contribution in [1.29, 1.82) is 0 Å². The Morgan fingerprint density at radius 2 is 1.71 bits per heavy atom. The topological polar surface area (TPSA) is 21.3 Å². The van der Waals surface area contributed by atoms with Crippen molar-refractivity contribution in [1.82, 2.24) is 0 Å². The summed E-state index contributed by atoms with van der Waals surface area (Å²) in [4.78, 5) is 0. The van der Waals surface area contributed by atoms with Gasteiger partial charge in [-0.15, -0.1) is 0 Å². The minimum Gasteiger partial charge on any atom is -0.493 e. The van der Waals surface area contributed by atoms with Crippen molar-refractivity contribution in [3.8, 4) is 5.75 Å². The van der Waals surface area contributed by atoms with E-state index in [0.717, 1.165) is 24.5 Å². The smallest absolute Gasteiger partial charge is 0.124 e. The molecule has 1 atom stereocenters. The first-order valence-corrected chi connectivity index (χ1v) is 5.97. The molecule has 0 amide bonds. The van der Waals surface area contributed by atoms with E-state index < -0.39 is 0 Å². The Labute approximate surface area is 101 Å². The van der Waals surface area contributed by atoms with Crippen LogP contribution in [0.15, 0.2) is 54.6 Å². The number of ether oxygens (including phenoxy) is 1. The summed E-state index contributed by atoms with van der Waals surface area (Å²) in [6.45, 7) is 0.779. The Kier molecular flexibility index (Phi) is 2.70. The van der Waals surface area contributed by atoms with Crippen LogP contribution in [0.4, 0.5) is 5.69 Å². The van der Waals surface area contributed by atoms with Crippen LogP contribution in [-0.4, -0.2) is 6.61 Å². The first kappa shape index (κ1) is 10.2. The lowest BCUT2D eigenvalue weighted by Gasteiger charge is -2.27. The van der Waals surface area contributed by atoms with Crippen molar-refractivity contribution in [3.63, 3.8) is 0 Å². The van der Waals surface area contributed by atoms with Crippen molar-refractivity contribution >= 4 is 5.69 Å². The molecule has 1 heterocycles. The van der Waals surface area contributed by atoms with Crippen LogP contribution in [0.2, 0.25) is 0 Å². The van der Waals surface area contributed by atoms with Crippen LogP contribution in [0.1, 0.15) is 18.0 Å². The van der Waals surface area contributed by atoms with E-state index in [1.54, 1.807) is 0 Å². The number of nitrogens with one attached hydrogen (secondary N) is 1. The molecule has 2 aromatic rings. The lowest BCUT2D eigenvalue weighted by Crippen LogP contribution is -2.20. The highest BCUT2D eigenvalue weighted by Crippen LogP contribution is 2.33. The van der Waals surface area contributed by atoms with Crippen LogP contribution in [0.25, 0.3) is 0 Å². The fourth-order valence-corrected chi connectivity index (χ4v) is 2.23. The van der Waals surface area contributed by atoms with Crippen LogP contribution in [0.3, 0.4) is 0 Å². The van der Waals surface area contributed by atoms with E-state index in [0.29, 0.717) is 6.04 Å². The SMILES string of the molecule is c1ccc(NC2CCOc3ccccc32)cc1. The van der Waals surface area contributed by atoms with Crippen molar-refractivity contribution in [2.75, 3.05) is 11.9 Å². The van der Waals surface area contributed by atoms with Gasteiger partial charge >= 0.3 is 0 Å². The average molecular weight is 225 g/mol. The average Bonchev–Trinajstić information content (AvgIpc) is 2.40. The normalized spacial score (nSPS) is 18.0. The van der Waals surface area contributed by atoms with Crippen LogP contribution in [-0.2, 0) is 0 Å². The molecule has 17 heavy (non-hydrogen) atoms. The van der Waals surface area contributed by atoms with E-state index in [4.69, 9.17) is 4.74 Å². The highest BCUT2D eigenvalue weighted by atomic mass is 16.5. The maximum Gasteiger partial charge on any atom is 0.124 e. The molecule has 0 aliphatic carbocycles. The predicted octanol–water partition coefficient (Wildman–Crippen LogP) is 3.62. The third-order valence-corrected chi connectivity index (χ3v) is 3.07. The number of para-hydroxylation sites is 2. The quantitative estimate of drug-likeness (QED) is 0.842. The fraction of sp³-hybridized carbons (Fsp3) is 0.200. The zero-order valence-corrected chi connectivity index (χ0v) is 9.60. The van der Waals surface area contributed by atoms with Crippen LogP contribution < -0.4 is 10.1 Å². The summed E-state index contributed by atoms with van der Waals surface area (Å²) in [6, 6.07) is 18.9. The number of rotatable bonds is 2. The summed E-state index contributed by atoms with van der Waals surface area (Å²) in [5.74, 6) is 1.01. The maximum absolute atomic E-state index is 5.65. The maximum atomic E-state index is 5.65. The molecule has 0 radical (unpaired) electrons. The molecule has 2 nitrogen and oxygen atoms in total. The molecule has 0 aromatic heterocycles. The van der Waals surface area contributed by atoms with Crippen molar-refractivity contribution in [3.05, 3.63) is 60.2 Å². The minimum absolute atomic E-state index is 0.349. The number of hydrogen-bond donors (Lipinski definition) is 1. The lowest BCUT2D eigenvalue weighted by molar-refractivity contribution is 0.274. The molecule has 86 valence electrons. The van der Waals surface area contributed by atoms with Gasteiger partial charge in [0.25, 0.3) is 0 Å². The highest BCUT2D eigenvalue weighted by molar-refractivity contribution is 5.48. The Balaban J connectivity index is 1.86. The van der Waals surface area contributed by atoms with Gasteiger partial charge in [0.2, 0.25) is 0 Å². The molecule has 0 fully saturated rings. The summed E-state index contributed by atoms with van der Waals surface area (Å²) >= 11 is 0. The Bertz CT molecular complexity index is 495. The molecule has 0 bridgehead atoms. The molecule has 1 aliphatic rings. The molecule has 1 aliphatic heterocycles. The van der Waals surface area contributed by atoms with Gasteiger partial charge in [-0.2, -0.15) is 0 Å². The molecular formula is C15H15NO. The van der Waals surface area contributed by atoms with E-state index in [1.165, 1.54) is 5.56 Å². The van der Waals surface area contributed by atoms with Crippen LogP contribution in [0, 0.1) is 0 Å².